The van der Waals surface area contributed by atoms with E-state index >= 15 is 0 Å². The summed E-state index contributed by atoms with van der Waals surface area (Å²) in [6.45, 7) is 5.42. The molecule has 1 saturated heterocycles. The number of nitrogens with two attached hydrogens (primary N) is 1. The quantitative estimate of drug-likeness (QED) is 0.615. The van der Waals surface area contributed by atoms with Crippen LogP contribution in [0.25, 0.3) is 0 Å². The fourth-order valence-electron chi connectivity index (χ4n) is 2.07. The summed E-state index contributed by atoms with van der Waals surface area (Å²) in [6.07, 6.45) is 1.15. The highest BCUT2D eigenvalue weighted by molar-refractivity contribution is 7.88. The zero-order chi connectivity index (χ0) is 14.5. The zero-order valence-electron chi connectivity index (χ0n) is 11.5. The minimum absolute atomic E-state index is 0.166. The van der Waals surface area contributed by atoms with Gasteiger partial charge in [-0.25, -0.2) is 12.7 Å². The van der Waals surface area contributed by atoms with Crippen molar-refractivity contribution in [2.24, 2.45) is 11.7 Å². The van der Waals surface area contributed by atoms with Crippen LogP contribution < -0.4 is 5.73 Å². The van der Waals surface area contributed by atoms with Gasteiger partial charge < -0.3 is 10.5 Å². The van der Waals surface area contributed by atoms with Gasteiger partial charge in [0.2, 0.25) is 15.9 Å². The highest BCUT2D eigenvalue weighted by Crippen LogP contribution is 2.12. The molecule has 8 heteroatoms. The first-order valence-corrected chi connectivity index (χ1v) is 8.24. The summed E-state index contributed by atoms with van der Waals surface area (Å²) in [7, 11) is -3.30. The normalized spacial score (nSPS) is 23.2. The molecule has 0 spiro atoms. The minimum Gasteiger partial charge on any atom is -0.380 e. The van der Waals surface area contributed by atoms with Crippen molar-refractivity contribution < 1.29 is 17.9 Å². The molecule has 0 saturated carbocycles. The topological polar surface area (TPSA) is 92.9 Å². The molecule has 0 bridgehead atoms. The van der Waals surface area contributed by atoms with Crippen LogP contribution in [0, 0.1) is 5.92 Å². The van der Waals surface area contributed by atoms with Crippen LogP contribution in [0.15, 0.2) is 0 Å². The average Bonchev–Trinajstić information content (AvgIpc) is 2.51. The van der Waals surface area contributed by atoms with Gasteiger partial charge in [-0.1, -0.05) is 0 Å². The van der Waals surface area contributed by atoms with Crippen molar-refractivity contribution in [1.29, 1.82) is 0 Å². The minimum atomic E-state index is -3.30. The summed E-state index contributed by atoms with van der Waals surface area (Å²) < 4.78 is 29.8. The maximum absolute atomic E-state index is 11.6. The summed E-state index contributed by atoms with van der Waals surface area (Å²) in [5.74, 6) is -0.934. The molecule has 1 amide bonds. The van der Waals surface area contributed by atoms with E-state index in [1.54, 1.807) is 0 Å². The number of hydrogen-bond donors (Lipinski definition) is 1. The Kier molecular flexibility index (Phi) is 6.18. The van der Waals surface area contributed by atoms with Crippen LogP contribution in [-0.2, 0) is 19.6 Å². The van der Waals surface area contributed by atoms with Gasteiger partial charge in [-0.2, -0.15) is 0 Å². The second-order valence-corrected chi connectivity index (χ2v) is 6.70. The number of hydrogen-bond acceptors (Lipinski definition) is 5. The number of carbonyl (C=O) groups is 1. The molecule has 1 aliphatic rings. The molecular weight excluding hydrogens is 270 g/mol. The van der Waals surface area contributed by atoms with Crippen molar-refractivity contribution in [1.82, 2.24) is 9.21 Å². The standard InChI is InChI=1S/C11H23N3O4S/c1-3-18-7-6-13-4-5-14(19(2,16)17)9-10(8-13)11(12)15/h10H,3-9H2,1-2H3,(H2,12,15). The van der Waals surface area contributed by atoms with E-state index in [0.29, 0.717) is 39.4 Å². The largest absolute Gasteiger partial charge is 0.380 e. The number of carbonyl (C=O) groups excluding carboxylic acids is 1. The zero-order valence-corrected chi connectivity index (χ0v) is 12.4. The Bertz CT molecular complexity index is 399. The van der Waals surface area contributed by atoms with Crippen LogP contribution >= 0.6 is 0 Å². The van der Waals surface area contributed by atoms with Gasteiger partial charge in [0, 0.05) is 39.3 Å². The van der Waals surface area contributed by atoms with Gasteiger partial charge in [-0.3, -0.25) is 9.69 Å². The predicted octanol–water partition coefficient (Wildman–Crippen LogP) is -1.30. The van der Waals surface area contributed by atoms with Crippen molar-refractivity contribution >= 4 is 15.9 Å². The second-order valence-electron chi connectivity index (χ2n) is 4.72. The van der Waals surface area contributed by atoms with Gasteiger partial charge in [-0.05, 0) is 6.92 Å². The SMILES string of the molecule is CCOCCN1CCN(S(C)(=O)=O)CC(C(N)=O)C1. The van der Waals surface area contributed by atoms with E-state index in [4.69, 9.17) is 10.5 Å². The maximum atomic E-state index is 11.6. The Morgan fingerprint density at radius 1 is 1.37 bits per heavy atom. The van der Waals surface area contributed by atoms with Crippen LogP contribution in [-0.4, -0.2) is 75.7 Å². The average molecular weight is 293 g/mol. The Balaban J connectivity index is 2.68. The third-order valence-electron chi connectivity index (χ3n) is 3.20. The van der Waals surface area contributed by atoms with E-state index in [9.17, 15) is 13.2 Å². The smallest absolute Gasteiger partial charge is 0.223 e. The molecule has 1 rings (SSSR count). The number of primary amides is 1. The first-order chi connectivity index (χ1) is 8.84. The first kappa shape index (κ1) is 16.4. The van der Waals surface area contributed by atoms with Crippen LogP contribution in [0.4, 0.5) is 0 Å². The summed E-state index contributed by atoms with van der Waals surface area (Å²) in [6, 6.07) is 0. The van der Waals surface area contributed by atoms with Gasteiger partial charge in [0.15, 0.2) is 0 Å². The number of ether oxygens (including phenoxy) is 1. The third kappa shape index (κ3) is 5.43. The summed E-state index contributed by atoms with van der Waals surface area (Å²) >= 11 is 0. The molecule has 0 aromatic carbocycles. The second kappa shape index (κ2) is 7.18. The molecule has 7 nitrogen and oxygen atoms in total. The molecule has 112 valence electrons. The molecule has 19 heavy (non-hydrogen) atoms. The van der Waals surface area contributed by atoms with E-state index in [-0.39, 0.29) is 6.54 Å². The molecule has 1 aliphatic heterocycles. The van der Waals surface area contributed by atoms with Crippen LogP contribution in [0.1, 0.15) is 6.92 Å². The fourth-order valence-corrected chi connectivity index (χ4v) is 2.94. The number of amides is 1. The van der Waals surface area contributed by atoms with Crippen molar-refractivity contribution in [2.75, 3.05) is 52.2 Å². The monoisotopic (exact) mass is 293 g/mol. The van der Waals surface area contributed by atoms with Gasteiger partial charge in [0.05, 0.1) is 18.8 Å². The maximum Gasteiger partial charge on any atom is 0.223 e. The van der Waals surface area contributed by atoms with Crippen molar-refractivity contribution in [3.8, 4) is 0 Å². The number of sulfonamides is 1. The summed E-state index contributed by atoms with van der Waals surface area (Å²) in [4.78, 5) is 13.4. The Labute approximate surface area is 114 Å². The Morgan fingerprint density at radius 2 is 2.05 bits per heavy atom. The molecular formula is C11H23N3O4S. The first-order valence-electron chi connectivity index (χ1n) is 6.39. The van der Waals surface area contributed by atoms with E-state index < -0.39 is 21.8 Å². The number of nitrogens with zero attached hydrogens (tertiary/aromatic N) is 2. The highest BCUT2D eigenvalue weighted by atomic mass is 32.2. The van der Waals surface area contributed by atoms with Gasteiger partial charge in [0.25, 0.3) is 0 Å². The molecule has 0 aromatic heterocycles. The Hall–Kier alpha value is -0.700. The molecule has 0 aromatic rings. The van der Waals surface area contributed by atoms with Gasteiger partial charge in [0.1, 0.15) is 0 Å². The molecule has 0 radical (unpaired) electrons. The fraction of sp³-hybridized carbons (Fsp3) is 0.909. The van der Waals surface area contributed by atoms with Crippen molar-refractivity contribution in [3.63, 3.8) is 0 Å². The van der Waals surface area contributed by atoms with E-state index in [1.807, 2.05) is 11.8 Å². The molecule has 1 unspecified atom stereocenters. The van der Waals surface area contributed by atoms with Crippen LogP contribution in [0.5, 0.6) is 0 Å². The van der Waals surface area contributed by atoms with Crippen molar-refractivity contribution in [2.45, 2.75) is 6.92 Å². The molecule has 0 aliphatic carbocycles. The molecule has 1 fully saturated rings. The lowest BCUT2D eigenvalue weighted by atomic mass is 10.1. The summed E-state index contributed by atoms with van der Waals surface area (Å²) in [5.41, 5.74) is 5.34. The van der Waals surface area contributed by atoms with Gasteiger partial charge >= 0.3 is 0 Å². The van der Waals surface area contributed by atoms with E-state index in [0.717, 1.165) is 6.26 Å². The van der Waals surface area contributed by atoms with E-state index in [1.165, 1.54) is 4.31 Å². The summed E-state index contributed by atoms with van der Waals surface area (Å²) in [5, 5.41) is 0. The molecule has 1 heterocycles. The van der Waals surface area contributed by atoms with E-state index in [2.05, 4.69) is 0 Å². The van der Waals surface area contributed by atoms with Crippen LogP contribution in [0.2, 0.25) is 0 Å². The number of rotatable bonds is 6. The third-order valence-corrected chi connectivity index (χ3v) is 4.47. The van der Waals surface area contributed by atoms with Crippen LogP contribution in [0.3, 0.4) is 0 Å². The predicted molar refractivity (Wildman–Crippen MR) is 72.0 cm³/mol. The Morgan fingerprint density at radius 3 is 2.58 bits per heavy atom. The van der Waals surface area contributed by atoms with Crippen molar-refractivity contribution in [3.05, 3.63) is 0 Å². The lowest BCUT2D eigenvalue weighted by Crippen LogP contribution is -2.40. The highest BCUT2D eigenvalue weighted by Gasteiger charge is 2.30. The molecule has 2 N–H and O–H groups in total. The lowest BCUT2D eigenvalue weighted by molar-refractivity contribution is -0.122. The molecule has 1 atom stereocenters. The lowest BCUT2D eigenvalue weighted by Gasteiger charge is -2.21. The van der Waals surface area contributed by atoms with Gasteiger partial charge in [-0.15, -0.1) is 0 Å².